The Balaban J connectivity index is 1.62. The summed E-state index contributed by atoms with van der Waals surface area (Å²) >= 11 is 0. The number of nitrogens with two attached hydrogens (primary N) is 2. The molecule has 1 unspecified atom stereocenters. The zero-order chi connectivity index (χ0) is 23.5. The molecular formula is C21H22N4O6S. The Hall–Kier alpha value is -3.25. The number of hydrogen-bond donors (Lipinski definition) is 3. The van der Waals surface area contributed by atoms with E-state index in [1.807, 2.05) is 6.92 Å². The van der Waals surface area contributed by atoms with Crippen LogP contribution in [0.5, 0.6) is 0 Å². The number of nitrogens with one attached hydrogen (secondary N) is 1. The lowest BCUT2D eigenvalue weighted by Gasteiger charge is -2.13. The molecule has 0 bridgehead atoms. The van der Waals surface area contributed by atoms with Crippen LogP contribution in [0, 0.1) is 0 Å². The van der Waals surface area contributed by atoms with Crippen molar-refractivity contribution in [3.8, 4) is 0 Å². The summed E-state index contributed by atoms with van der Waals surface area (Å²) in [6, 6.07) is 11.3. The number of ether oxygens (including phenoxy) is 1. The molecule has 1 aliphatic heterocycles. The van der Waals surface area contributed by atoms with Gasteiger partial charge in [-0.2, -0.15) is 4.72 Å². The Morgan fingerprint density at radius 1 is 1.09 bits per heavy atom. The molecule has 1 heterocycles. The second-order valence-corrected chi connectivity index (χ2v) is 8.80. The molecule has 0 fully saturated rings. The van der Waals surface area contributed by atoms with Gasteiger partial charge in [0.1, 0.15) is 0 Å². The van der Waals surface area contributed by atoms with E-state index in [1.54, 1.807) is 6.07 Å². The first-order valence-corrected chi connectivity index (χ1v) is 11.2. The van der Waals surface area contributed by atoms with E-state index in [0.29, 0.717) is 17.7 Å². The summed E-state index contributed by atoms with van der Waals surface area (Å²) in [6.07, 6.45) is -1.31. The van der Waals surface area contributed by atoms with Crippen molar-refractivity contribution in [2.75, 3.05) is 0 Å². The molecule has 5 N–H and O–H groups in total. The van der Waals surface area contributed by atoms with E-state index in [0.717, 1.165) is 0 Å². The molecule has 0 spiro atoms. The number of fused-ring (bicyclic) bond motifs is 1. The van der Waals surface area contributed by atoms with Crippen molar-refractivity contribution < 1.29 is 27.5 Å². The van der Waals surface area contributed by atoms with Crippen LogP contribution in [-0.4, -0.2) is 44.2 Å². The van der Waals surface area contributed by atoms with Crippen LogP contribution in [0.4, 0.5) is 0 Å². The van der Waals surface area contributed by atoms with Crippen molar-refractivity contribution in [3.63, 3.8) is 0 Å². The third kappa shape index (κ3) is 5.14. The number of hydrogen-bond acceptors (Lipinski definition) is 8. The van der Waals surface area contributed by atoms with Crippen molar-refractivity contribution in [1.82, 2.24) is 4.72 Å². The lowest BCUT2D eigenvalue weighted by molar-refractivity contribution is -0.138. The molecule has 3 rings (SSSR count). The van der Waals surface area contributed by atoms with Gasteiger partial charge in [0.2, 0.25) is 10.0 Å². The largest absolute Gasteiger partial charge is 0.389 e. The zero-order valence-corrected chi connectivity index (χ0v) is 18.0. The molecule has 2 aromatic rings. The molecule has 1 amide bonds. The molecule has 0 saturated heterocycles. The van der Waals surface area contributed by atoms with Gasteiger partial charge in [0.25, 0.3) is 5.91 Å². The number of nitrogens with zero attached hydrogens (tertiary/aromatic N) is 1. The SMILES string of the molecule is CCC(N)C1=NC(=O)c2cc(C(=O)OC(=O)C[C@@H](N)NS(=O)(=O)c3ccccc3)ccc21. The molecule has 2 aromatic carbocycles. The van der Waals surface area contributed by atoms with Crippen LogP contribution in [0.2, 0.25) is 0 Å². The van der Waals surface area contributed by atoms with E-state index < -0.39 is 46.5 Å². The summed E-state index contributed by atoms with van der Waals surface area (Å²) < 4.78 is 31.4. The molecule has 10 nitrogen and oxygen atoms in total. The van der Waals surface area contributed by atoms with Gasteiger partial charge in [-0.25, -0.2) is 18.2 Å². The van der Waals surface area contributed by atoms with Gasteiger partial charge in [-0.1, -0.05) is 31.2 Å². The summed E-state index contributed by atoms with van der Waals surface area (Å²) in [4.78, 5) is 40.5. The number of carbonyl (C=O) groups excluding carboxylic acids is 3. The molecule has 11 heteroatoms. The minimum Gasteiger partial charge on any atom is -0.389 e. The molecule has 0 saturated carbocycles. The lowest BCUT2D eigenvalue weighted by atomic mass is 9.98. The highest BCUT2D eigenvalue weighted by Gasteiger charge is 2.28. The average molecular weight is 458 g/mol. The van der Waals surface area contributed by atoms with Crippen molar-refractivity contribution in [1.29, 1.82) is 0 Å². The molecule has 32 heavy (non-hydrogen) atoms. The van der Waals surface area contributed by atoms with Crippen LogP contribution in [0.15, 0.2) is 58.4 Å². The number of amides is 1. The topological polar surface area (TPSA) is 171 Å². The first-order valence-electron chi connectivity index (χ1n) is 9.73. The van der Waals surface area contributed by atoms with Crippen LogP contribution in [0.25, 0.3) is 0 Å². The Morgan fingerprint density at radius 2 is 1.78 bits per heavy atom. The standard InChI is InChI=1S/C21H22N4O6S/c1-2-16(22)19-14-9-8-12(10-15(14)20(27)24-19)21(28)31-18(26)11-17(23)25-32(29,30)13-6-4-3-5-7-13/h3-10,16-17,25H,2,11,22-23H2,1H3/t16?,17-/m0/s1. The molecule has 0 aliphatic carbocycles. The maximum absolute atomic E-state index is 12.3. The second-order valence-electron chi connectivity index (χ2n) is 7.08. The van der Waals surface area contributed by atoms with Crippen molar-refractivity contribution in [3.05, 3.63) is 65.2 Å². The Labute approximate surface area is 184 Å². The third-order valence-corrected chi connectivity index (χ3v) is 6.23. The summed E-state index contributed by atoms with van der Waals surface area (Å²) in [7, 11) is -3.94. The van der Waals surface area contributed by atoms with Crippen molar-refractivity contribution in [2.24, 2.45) is 16.5 Å². The Kier molecular flexibility index (Phi) is 6.94. The Morgan fingerprint density at radius 3 is 2.44 bits per heavy atom. The minimum atomic E-state index is -3.94. The summed E-state index contributed by atoms with van der Waals surface area (Å²) in [5.41, 5.74) is 12.8. The number of rotatable bonds is 8. The quantitative estimate of drug-likeness (QED) is 0.295. The molecular weight excluding hydrogens is 436 g/mol. The van der Waals surface area contributed by atoms with Gasteiger partial charge in [-0.15, -0.1) is 0 Å². The predicted molar refractivity (Wildman–Crippen MR) is 115 cm³/mol. The van der Waals surface area contributed by atoms with Crippen LogP contribution in [-0.2, 0) is 19.6 Å². The molecule has 0 aromatic heterocycles. The number of carbonyl (C=O) groups is 3. The average Bonchev–Trinajstić information content (AvgIpc) is 3.09. The molecule has 1 aliphatic rings. The summed E-state index contributed by atoms with van der Waals surface area (Å²) in [5, 5.41) is 0. The van der Waals surface area contributed by atoms with Crippen LogP contribution >= 0.6 is 0 Å². The fraction of sp³-hybridized carbons (Fsp3) is 0.238. The maximum Gasteiger partial charge on any atom is 0.345 e. The minimum absolute atomic E-state index is 0.0212. The normalized spacial score (nSPS) is 15.0. The highest BCUT2D eigenvalue weighted by Crippen LogP contribution is 2.23. The highest BCUT2D eigenvalue weighted by atomic mass is 32.2. The van der Waals surface area contributed by atoms with E-state index in [1.165, 1.54) is 42.5 Å². The van der Waals surface area contributed by atoms with Gasteiger partial charge in [0.05, 0.1) is 34.3 Å². The summed E-state index contributed by atoms with van der Waals surface area (Å²) in [6.45, 7) is 1.86. The van der Waals surface area contributed by atoms with Crippen LogP contribution in [0.3, 0.4) is 0 Å². The van der Waals surface area contributed by atoms with E-state index in [4.69, 9.17) is 16.2 Å². The Bertz CT molecular complexity index is 1190. The first-order chi connectivity index (χ1) is 15.1. The van der Waals surface area contributed by atoms with Gasteiger partial charge >= 0.3 is 11.9 Å². The first kappa shape index (κ1) is 23.4. The van der Waals surface area contributed by atoms with Gasteiger partial charge in [-0.3, -0.25) is 9.59 Å². The molecule has 2 atom stereocenters. The fourth-order valence-electron chi connectivity index (χ4n) is 3.07. The van der Waals surface area contributed by atoms with E-state index in [-0.39, 0.29) is 16.0 Å². The smallest absolute Gasteiger partial charge is 0.345 e. The van der Waals surface area contributed by atoms with E-state index in [2.05, 4.69) is 9.71 Å². The third-order valence-electron chi connectivity index (χ3n) is 4.73. The number of benzene rings is 2. The van der Waals surface area contributed by atoms with Crippen molar-refractivity contribution >= 4 is 33.6 Å². The van der Waals surface area contributed by atoms with Gasteiger partial charge in [0, 0.05) is 11.6 Å². The monoisotopic (exact) mass is 458 g/mol. The fourth-order valence-corrected chi connectivity index (χ4v) is 4.20. The maximum atomic E-state index is 12.3. The highest BCUT2D eigenvalue weighted by molar-refractivity contribution is 7.89. The van der Waals surface area contributed by atoms with Crippen LogP contribution < -0.4 is 16.2 Å². The zero-order valence-electron chi connectivity index (χ0n) is 17.1. The van der Waals surface area contributed by atoms with Gasteiger partial charge in [0.15, 0.2) is 0 Å². The molecule has 168 valence electrons. The molecule has 0 radical (unpaired) electrons. The van der Waals surface area contributed by atoms with Gasteiger partial charge in [-0.05, 0) is 30.7 Å². The second kappa shape index (κ2) is 9.49. The summed E-state index contributed by atoms with van der Waals surface area (Å²) in [5.74, 6) is -2.57. The predicted octanol–water partition coefficient (Wildman–Crippen LogP) is 0.704. The van der Waals surface area contributed by atoms with E-state index >= 15 is 0 Å². The van der Waals surface area contributed by atoms with Crippen LogP contribution in [0.1, 0.15) is 46.0 Å². The number of esters is 2. The lowest BCUT2D eigenvalue weighted by Crippen LogP contribution is -2.43. The van der Waals surface area contributed by atoms with Crippen molar-refractivity contribution in [2.45, 2.75) is 36.9 Å². The van der Waals surface area contributed by atoms with E-state index in [9.17, 15) is 22.8 Å². The number of aliphatic imine (C=N–C) groups is 1. The number of sulfonamides is 1. The van der Waals surface area contributed by atoms with Gasteiger partial charge < -0.3 is 16.2 Å².